The van der Waals surface area contributed by atoms with Crippen molar-refractivity contribution in [1.82, 2.24) is 15.3 Å². The van der Waals surface area contributed by atoms with Crippen LogP contribution >= 0.6 is 27.7 Å². The highest BCUT2D eigenvalue weighted by Gasteiger charge is 2.10. The smallest absolute Gasteiger partial charge is 0.171 e. The molecular formula is C16H16BrN3S. The highest BCUT2D eigenvalue weighted by Crippen LogP contribution is 2.32. The van der Waals surface area contributed by atoms with E-state index < -0.39 is 0 Å². The lowest BCUT2D eigenvalue weighted by Gasteiger charge is -2.13. The Hall–Kier alpha value is -1.30. The van der Waals surface area contributed by atoms with Crippen molar-refractivity contribution in [2.24, 2.45) is 0 Å². The fourth-order valence-electron chi connectivity index (χ4n) is 2.17. The van der Waals surface area contributed by atoms with Gasteiger partial charge in [-0.2, -0.15) is 0 Å². The van der Waals surface area contributed by atoms with Crippen molar-refractivity contribution in [1.29, 1.82) is 0 Å². The second kappa shape index (κ2) is 6.22. The number of imidazole rings is 1. The first kappa shape index (κ1) is 14.6. The highest BCUT2D eigenvalue weighted by molar-refractivity contribution is 9.10. The Morgan fingerprint density at radius 2 is 2.05 bits per heavy atom. The molecule has 0 amide bonds. The summed E-state index contributed by atoms with van der Waals surface area (Å²) in [6.07, 6.45) is 0. The normalized spacial score (nSPS) is 12.7. The molecule has 0 aliphatic rings. The molecule has 2 N–H and O–H groups in total. The lowest BCUT2D eigenvalue weighted by molar-refractivity contribution is 0.649. The van der Waals surface area contributed by atoms with Crippen molar-refractivity contribution in [3.8, 4) is 0 Å². The molecule has 1 atom stereocenters. The monoisotopic (exact) mass is 361 g/mol. The zero-order valence-electron chi connectivity index (χ0n) is 11.9. The summed E-state index contributed by atoms with van der Waals surface area (Å²) in [5, 5.41) is 4.17. The van der Waals surface area contributed by atoms with Crippen LogP contribution in [0.1, 0.15) is 18.5 Å². The first-order valence-corrected chi connectivity index (χ1v) is 8.37. The van der Waals surface area contributed by atoms with Crippen molar-refractivity contribution in [2.45, 2.75) is 23.0 Å². The van der Waals surface area contributed by atoms with Gasteiger partial charge in [0, 0.05) is 15.4 Å². The number of halogens is 1. The summed E-state index contributed by atoms with van der Waals surface area (Å²) < 4.78 is 1.12. The van der Waals surface area contributed by atoms with E-state index in [1.807, 2.05) is 31.3 Å². The van der Waals surface area contributed by atoms with Crippen LogP contribution in [0.5, 0.6) is 0 Å². The first-order chi connectivity index (χ1) is 10.2. The highest BCUT2D eigenvalue weighted by atomic mass is 79.9. The Morgan fingerprint density at radius 1 is 1.24 bits per heavy atom. The molecule has 21 heavy (non-hydrogen) atoms. The van der Waals surface area contributed by atoms with E-state index in [9.17, 15) is 0 Å². The molecule has 0 aliphatic heterocycles. The maximum Gasteiger partial charge on any atom is 0.171 e. The molecule has 1 aromatic heterocycles. The van der Waals surface area contributed by atoms with Crippen molar-refractivity contribution >= 4 is 38.7 Å². The van der Waals surface area contributed by atoms with Gasteiger partial charge in [-0.1, -0.05) is 45.9 Å². The molecule has 1 unspecified atom stereocenters. The molecule has 1 heterocycles. The van der Waals surface area contributed by atoms with Gasteiger partial charge in [0.15, 0.2) is 5.16 Å². The Morgan fingerprint density at radius 3 is 2.76 bits per heavy atom. The van der Waals surface area contributed by atoms with Crippen LogP contribution in [0.2, 0.25) is 0 Å². The number of nitrogens with zero attached hydrogens (tertiary/aromatic N) is 1. The van der Waals surface area contributed by atoms with Crippen molar-refractivity contribution in [2.75, 3.05) is 7.05 Å². The predicted molar refractivity (Wildman–Crippen MR) is 91.8 cm³/mol. The van der Waals surface area contributed by atoms with E-state index in [2.05, 4.69) is 56.3 Å². The van der Waals surface area contributed by atoms with Gasteiger partial charge in [0.05, 0.1) is 11.0 Å². The average molecular weight is 362 g/mol. The van der Waals surface area contributed by atoms with Gasteiger partial charge in [0.1, 0.15) is 0 Å². The summed E-state index contributed by atoms with van der Waals surface area (Å²) in [6, 6.07) is 14.8. The molecule has 3 rings (SSSR count). The van der Waals surface area contributed by atoms with E-state index in [1.165, 1.54) is 5.56 Å². The zero-order valence-corrected chi connectivity index (χ0v) is 14.3. The van der Waals surface area contributed by atoms with Crippen molar-refractivity contribution in [3.63, 3.8) is 0 Å². The third-order valence-electron chi connectivity index (χ3n) is 3.45. The summed E-state index contributed by atoms with van der Waals surface area (Å²) in [4.78, 5) is 9.09. The third-order valence-corrected chi connectivity index (χ3v) is 5.02. The SMILES string of the molecule is CNC(C)c1ccc(Sc2nc3ccccc3[nH]2)cc1Br. The minimum atomic E-state index is 0.324. The molecule has 5 heteroatoms. The number of hydrogen-bond acceptors (Lipinski definition) is 3. The fraction of sp³-hybridized carbons (Fsp3) is 0.188. The molecular weight excluding hydrogens is 346 g/mol. The molecule has 0 saturated heterocycles. The molecule has 0 bridgehead atoms. The van der Waals surface area contributed by atoms with Gasteiger partial charge in [-0.05, 0) is 43.8 Å². The summed E-state index contributed by atoms with van der Waals surface area (Å²) in [5.41, 5.74) is 3.32. The molecule has 2 aromatic carbocycles. The molecule has 0 spiro atoms. The summed E-state index contributed by atoms with van der Waals surface area (Å²) in [7, 11) is 1.97. The van der Waals surface area contributed by atoms with Gasteiger partial charge in [0.25, 0.3) is 0 Å². The van der Waals surface area contributed by atoms with Crippen molar-refractivity contribution in [3.05, 3.63) is 52.5 Å². The Balaban J connectivity index is 1.86. The van der Waals surface area contributed by atoms with E-state index in [0.717, 1.165) is 25.6 Å². The third kappa shape index (κ3) is 3.15. The molecule has 0 radical (unpaired) electrons. The Labute approximate surface area is 136 Å². The molecule has 3 nitrogen and oxygen atoms in total. The van der Waals surface area contributed by atoms with E-state index in [-0.39, 0.29) is 0 Å². The maximum atomic E-state index is 4.59. The second-order valence-electron chi connectivity index (χ2n) is 4.85. The number of rotatable bonds is 4. The Kier molecular flexibility index (Phi) is 4.33. The number of nitrogens with one attached hydrogen (secondary N) is 2. The van der Waals surface area contributed by atoms with Crippen LogP contribution in [0.15, 0.2) is 57.0 Å². The van der Waals surface area contributed by atoms with Crippen LogP contribution in [0, 0.1) is 0 Å². The topological polar surface area (TPSA) is 40.7 Å². The molecule has 3 aromatic rings. The lowest BCUT2D eigenvalue weighted by atomic mass is 10.1. The average Bonchev–Trinajstić information content (AvgIpc) is 2.88. The number of fused-ring (bicyclic) bond motifs is 1. The molecule has 0 saturated carbocycles. The first-order valence-electron chi connectivity index (χ1n) is 6.76. The summed E-state index contributed by atoms with van der Waals surface area (Å²) in [6.45, 7) is 2.14. The van der Waals surface area contributed by atoms with E-state index >= 15 is 0 Å². The fourth-order valence-corrected chi connectivity index (χ4v) is 3.88. The zero-order chi connectivity index (χ0) is 14.8. The minimum Gasteiger partial charge on any atom is -0.333 e. The molecule has 108 valence electrons. The van der Waals surface area contributed by atoms with Gasteiger partial charge in [0.2, 0.25) is 0 Å². The van der Waals surface area contributed by atoms with E-state index in [0.29, 0.717) is 6.04 Å². The Bertz CT molecular complexity index is 736. The maximum absolute atomic E-state index is 4.59. The van der Waals surface area contributed by atoms with Gasteiger partial charge >= 0.3 is 0 Å². The van der Waals surface area contributed by atoms with Crippen LogP contribution in [-0.2, 0) is 0 Å². The van der Waals surface area contributed by atoms with Gasteiger partial charge in [-0.15, -0.1) is 0 Å². The lowest BCUT2D eigenvalue weighted by Crippen LogP contribution is -2.12. The van der Waals surface area contributed by atoms with Crippen LogP contribution in [-0.4, -0.2) is 17.0 Å². The largest absolute Gasteiger partial charge is 0.333 e. The summed E-state index contributed by atoms with van der Waals surface area (Å²) in [5.74, 6) is 0. The minimum absolute atomic E-state index is 0.324. The van der Waals surface area contributed by atoms with Crippen LogP contribution in [0.3, 0.4) is 0 Å². The number of H-pyrrole nitrogens is 1. The number of para-hydroxylation sites is 2. The van der Waals surface area contributed by atoms with Gasteiger partial charge in [-0.25, -0.2) is 4.98 Å². The van der Waals surface area contributed by atoms with Gasteiger partial charge in [-0.3, -0.25) is 0 Å². The second-order valence-corrected chi connectivity index (χ2v) is 6.77. The molecule has 0 aliphatic carbocycles. The molecule has 0 fully saturated rings. The number of aromatic amines is 1. The van der Waals surface area contributed by atoms with Crippen LogP contribution in [0.25, 0.3) is 11.0 Å². The summed E-state index contributed by atoms with van der Waals surface area (Å²) >= 11 is 5.29. The van der Waals surface area contributed by atoms with Crippen LogP contribution < -0.4 is 5.32 Å². The van der Waals surface area contributed by atoms with Gasteiger partial charge < -0.3 is 10.3 Å². The van der Waals surface area contributed by atoms with E-state index in [4.69, 9.17) is 0 Å². The standard InChI is InChI=1S/C16H16BrN3S/c1-10(18-2)12-8-7-11(9-13(12)17)21-16-19-14-5-3-4-6-15(14)20-16/h3-10,18H,1-2H3,(H,19,20). The number of hydrogen-bond donors (Lipinski definition) is 2. The number of benzene rings is 2. The van der Waals surface area contributed by atoms with Crippen LogP contribution in [0.4, 0.5) is 0 Å². The predicted octanol–water partition coefficient (Wildman–Crippen LogP) is 4.76. The number of aromatic nitrogens is 2. The van der Waals surface area contributed by atoms with Crippen molar-refractivity contribution < 1.29 is 0 Å². The quantitative estimate of drug-likeness (QED) is 0.703. The van der Waals surface area contributed by atoms with E-state index in [1.54, 1.807) is 11.8 Å².